The number of nitrogens with one attached hydrogen (secondary N) is 1. The fraction of sp³-hybridized carbons (Fsp3) is 0.400. The molecule has 0 fully saturated rings. The van der Waals surface area contributed by atoms with Crippen molar-refractivity contribution in [1.29, 1.82) is 0 Å². The summed E-state index contributed by atoms with van der Waals surface area (Å²) in [4.78, 5) is 14.4. The molecule has 0 saturated carbocycles. The van der Waals surface area contributed by atoms with E-state index in [-0.39, 0.29) is 29.1 Å². The van der Waals surface area contributed by atoms with Gasteiger partial charge in [-0.1, -0.05) is 38.1 Å². The van der Waals surface area contributed by atoms with Crippen LogP contribution in [-0.2, 0) is 21.2 Å². The SMILES string of the molecule is CC(C)Cc1ccc([C@H](C)NC(=O)C2=CC=CN3CCS(=O)(=O)N=C23)cc1. The second-order valence-electron chi connectivity index (χ2n) is 7.35. The lowest BCUT2D eigenvalue weighted by atomic mass is 9.99. The predicted molar refractivity (Wildman–Crippen MR) is 107 cm³/mol. The quantitative estimate of drug-likeness (QED) is 0.842. The van der Waals surface area contributed by atoms with Crippen LogP contribution in [0.25, 0.3) is 0 Å². The molecule has 6 nitrogen and oxygen atoms in total. The van der Waals surface area contributed by atoms with Crippen LogP contribution < -0.4 is 5.32 Å². The molecule has 2 heterocycles. The summed E-state index contributed by atoms with van der Waals surface area (Å²) in [5.74, 6) is 0.406. The molecule has 7 heteroatoms. The Morgan fingerprint density at radius 3 is 2.59 bits per heavy atom. The van der Waals surface area contributed by atoms with Crippen molar-refractivity contribution in [2.45, 2.75) is 33.2 Å². The van der Waals surface area contributed by atoms with E-state index in [9.17, 15) is 13.2 Å². The zero-order chi connectivity index (χ0) is 19.6. The van der Waals surface area contributed by atoms with E-state index in [1.807, 2.05) is 19.1 Å². The number of hydrogen-bond acceptors (Lipinski definition) is 4. The highest BCUT2D eigenvalue weighted by Crippen LogP contribution is 2.20. The predicted octanol–water partition coefficient (Wildman–Crippen LogP) is 2.56. The first kappa shape index (κ1) is 19.4. The first-order valence-corrected chi connectivity index (χ1v) is 10.7. The number of hydrogen-bond donors (Lipinski definition) is 1. The van der Waals surface area contributed by atoms with Crippen LogP contribution in [0.3, 0.4) is 0 Å². The minimum Gasteiger partial charge on any atom is -0.345 e. The van der Waals surface area contributed by atoms with E-state index >= 15 is 0 Å². The van der Waals surface area contributed by atoms with Gasteiger partial charge in [0.05, 0.1) is 17.4 Å². The van der Waals surface area contributed by atoms with Crippen LogP contribution in [0.4, 0.5) is 0 Å². The van der Waals surface area contributed by atoms with Crippen LogP contribution >= 0.6 is 0 Å². The molecule has 2 aliphatic heterocycles. The molecular weight excluding hydrogens is 362 g/mol. The zero-order valence-electron chi connectivity index (χ0n) is 15.8. The Hall–Kier alpha value is -2.41. The highest BCUT2D eigenvalue weighted by Gasteiger charge is 2.30. The highest BCUT2D eigenvalue weighted by molar-refractivity contribution is 7.90. The van der Waals surface area contributed by atoms with Crippen molar-refractivity contribution in [3.63, 3.8) is 0 Å². The molecule has 1 N–H and O–H groups in total. The minimum absolute atomic E-state index is 0.0468. The van der Waals surface area contributed by atoms with E-state index in [1.54, 1.807) is 23.3 Å². The molecule has 0 aliphatic carbocycles. The molecule has 0 spiro atoms. The Labute approximate surface area is 160 Å². The van der Waals surface area contributed by atoms with Crippen molar-refractivity contribution < 1.29 is 13.2 Å². The van der Waals surface area contributed by atoms with E-state index in [0.29, 0.717) is 12.5 Å². The number of sulfonamides is 1. The van der Waals surface area contributed by atoms with Gasteiger partial charge in [0.2, 0.25) is 0 Å². The van der Waals surface area contributed by atoms with E-state index < -0.39 is 10.0 Å². The summed E-state index contributed by atoms with van der Waals surface area (Å²) in [6.45, 7) is 6.57. The van der Waals surface area contributed by atoms with Crippen LogP contribution in [0.2, 0.25) is 0 Å². The Kier molecular flexibility index (Phi) is 5.51. The summed E-state index contributed by atoms with van der Waals surface area (Å²) in [6.07, 6.45) is 6.09. The summed E-state index contributed by atoms with van der Waals surface area (Å²) < 4.78 is 27.4. The summed E-state index contributed by atoms with van der Waals surface area (Å²) in [5, 5.41) is 2.94. The zero-order valence-corrected chi connectivity index (χ0v) is 16.7. The van der Waals surface area contributed by atoms with Gasteiger partial charge in [-0.25, -0.2) is 8.42 Å². The van der Waals surface area contributed by atoms with Gasteiger partial charge >= 0.3 is 0 Å². The topological polar surface area (TPSA) is 78.8 Å². The van der Waals surface area contributed by atoms with Crippen molar-refractivity contribution >= 4 is 21.8 Å². The maximum atomic E-state index is 12.7. The van der Waals surface area contributed by atoms with Gasteiger partial charge in [0.1, 0.15) is 0 Å². The van der Waals surface area contributed by atoms with Crippen LogP contribution in [0.1, 0.15) is 37.9 Å². The number of carbonyl (C=O) groups is 1. The second-order valence-corrected chi connectivity index (χ2v) is 9.11. The lowest BCUT2D eigenvalue weighted by Crippen LogP contribution is -2.42. The van der Waals surface area contributed by atoms with Crippen molar-refractivity contribution in [3.05, 3.63) is 59.3 Å². The van der Waals surface area contributed by atoms with Gasteiger partial charge in [0.15, 0.2) is 5.84 Å². The number of carbonyl (C=O) groups excluding carboxylic acids is 1. The van der Waals surface area contributed by atoms with Crippen LogP contribution in [-0.4, -0.2) is 37.4 Å². The average Bonchev–Trinajstić information content (AvgIpc) is 2.60. The summed E-state index contributed by atoms with van der Waals surface area (Å²) in [6, 6.07) is 8.01. The molecule has 1 aromatic carbocycles. The van der Waals surface area contributed by atoms with Crippen molar-refractivity contribution in [1.82, 2.24) is 10.2 Å². The Balaban J connectivity index is 1.73. The van der Waals surface area contributed by atoms with Crippen LogP contribution in [0.15, 0.2) is 52.6 Å². The number of rotatable bonds is 5. The number of amidine groups is 1. The Bertz CT molecular complexity index is 912. The fourth-order valence-corrected chi connectivity index (χ4v) is 4.15. The lowest BCUT2D eigenvalue weighted by molar-refractivity contribution is -0.117. The number of nitrogens with zero attached hydrogens (tertiary/aromatic N) is 2. The molecule has 3 rings (SSSR count). The number of benzene rings is 1. The number of fused-ring (bicyclic) bond motifs is 1. The second kappa shape index (κ2) is 7.68. The van der Waals surface area contributed by atoms with Gasteiger partial charge in [0, 0.05) is 12.7 Å². The third-order valence-corrected chi connectivity index (χ3v) is 5.72. The van der Waals surface area contributed by atoms with Crippen molar-refractivity contribution in [2.75, 3.05) is 12.3 Å². The van der Waals surface area contributed by atoms with Gasteiger partial charge in [-0.2, -0.15) is 0 Å². The average molecular weight is 388 g/mol. The van der Waals surface area contributed by atoms with E-state index in [4.69, 9.17) is 0 Å². The first-order chi connectivity index (χ1) is 12.7. The standard InChI is InChI=1S/C20H25N3O3S/c1-14(2)13-16-6-8-17(9-7-16)15(3)21-20(24)18-5-4-10-23-11-12-27(25,26)22-19(18)23/h4-10,14-15H,11-13H2,1-3H3,(H,21,24)/t15-/m0/s1. The largest absolute Gasteiger partial charge is 0.345 e. The maximum Gasteiger partial charge on any atom is 0.256 e. The molecule has 27 heavy (non-hydrogen) atoms. The molecule has 0 bridgehead atoms. The van der Waals surface area contributed by atoms with E-state index in [1.165, 1.54) is 5.56 Å². The molecule has 0 unspecified atom stereocenters. The minimum atomic E-state index is -3.52. The van der Waals surface area contributed by atoms with Gasteiger partial charge in [-0.05, 0) is 42.5 Å². The fourth-order valence-electron chi connectivity index (χ4n) is 3.16. The van der Waals surface area contributed by atoms with Crippen LogP contribution in [0.5, 0.6) is 0 Å². The molecular formula is C20H25N3O3S. The molecule has 0 aromatic heterocycles. The molecule has 144 valence electrons. The third-order valence-electron chi connectivity index (χ3n) is 4.57. The third kappa shape index (κ3) is 4.66. The maximum absolute atomic E-state index is 12.7. The summed E-state index contributed by atoms with van der Waals surface area (Å²) in [7, 11) is -3.52. The lowest BCUT2D eigenvalue weighted by Gasteiger charge is -2.29. The highest BCUT2D eigenvalue weighted by atomic mass is 32.2. The Morgan fingerprint density at radius 1 is 1.22 bits per heavy atom. The monoisotopic (exact) mass is 387 g/mol. The summed E-state index contributed by atoms with van der Waals surface area (Å²) in [5.41, 5.74) is 2.53. The van der Waals surface area contributed by atoms with Gasteiger partial charge in [0.25, 0.3) is 15.9 Å². The molecule has 1 amide bonds. The van der Waals surface area contributed by atoms with Crippen molar-refractivity contribution in [2.24, 2.45) is 10.3 Å². The molecule has 1 atom stereocenters. The molecule has 0 saturated heterocycles. The van der Waals surface area contributed by atoms with Gasteiger partial charge in [-0.3, -0.25) is 4.79 Å². The molecule has 2 aliphatic rings. The smallest absolute Gasteiger partial charge is 0.256 e. The van der Waals surface area contributed by atoms with Crippen molar-refractivity contribution in [3.8, 4) is 0 Å². The summed E-state index contributed by atoms with van der Waals surface area (Å²) >= 11 is 0. The first-order valence-electron chi connectivity index (χ1n) is 9.13. The van der Waals surface area contributed by atoms with E-state index in [2.05, 4.69) is 35.7 Å². The normalized spacial score (nSPS) is 19.2. The van der Waals surface area contributed by atoms with Crippen LogP contribution in [0, 0.1) is 5.92 Å². The van der Waals surface area contributed by atoms with Gasteiger partial charge < -0.3 is 10.2 Å². The molecule has 0 radical (unpaired) electrons. The number of allylic oxidation sites excluding steroid dienone is 2. The van der Waals surface area contributed by atoms with Gasteiger partial charge in [-0.15, -0.1) is 4.40 Å². The molecule has 1 aromatic rings. The van der Waals surface area contributed by atoms with E-state index in [0.717, 1.165) is 12.0 Å². The Morgan fingerprint density at radius 2 is 1.93 bits per heavy atom. The number of amides is 1.